The minimum absolute atomic E-state index is 0.0963. The molecule has 0 bridgehead atoms. The quantitative estimate of drug-likeness (QED) is 0.669. The van der Waals surface area contributed by atoms with Crippen LogP contribution in [0.2, 0.25) is 0 Å². The van der Waals surface area contributed by atoms with Gasteiger partial charge in [-0.3, -0.25) is 0 Å². The van der Waals surface area contributed by atoms with Gasteiger partial charge in [-0.05, 0) is 22.0 Å². The van der Waals surface area contributed by atoms with Gasteiger partial charge in [0, 0.05) is 29.1 Å². The third-order valence-electron chi connectivity index (χ3n) is 2.36. The molecule has 5 nitrogen and oxygen atoms in total. The van der Waals surface area contributed by atoms with Crippen LogP contribution in [0.3, 0.4) is 0 Å². The van der Waals surface area contributed by atoms with Crippen LogP contribution in [0, 0.1) is 10.1 Å². The summed E-state index contributed by atoms with van der Waals surface area (Å²) < 4.78 is 0. The second kappa shape index (κ2) is 6.11. The summed E-state index contributed by atoms with van der Waals surface area (Å²) in [5, 5.41) is 14.4. The zero-order valence-corrected chi connectivity index (χ0v) is 10.8. The number of hydrogen-bond acceptors (Lipinski definition) is 6. The molecule has 7 heteroatoms. The van der Waals surface area contributed by atoms with Gasteiger partial charge in [0.15, 0.2) is 0 Å². The number of rotatable bonds is 4. The average molecular weight is 271 g/mol. The second-order valence-corrected chi connectivity index (χ2v) is 6.14. The molecule has 0 aliphatic carbocycles. The second-order valence-electron chi connectivity index (χ2n) is 3.58. The van der Waals surface area contributed by atoms with Gasteiger partial charge in [-0.15, -0.1) is 0 Å². The first-order valence-electron chi connectivity index (χ1n) is 5.30. The highest BCUT2D eigenvalue weighted by Gasteiger charge is 2.17. The van der Waals surface area contributed by atoms with E-state index in [-0.39, 0.29) is 5.82 Å². The van der Waals surface area contributed by atoms with Gasteiger partial charge in [0.25, 0.3) is 0 Å². The highest BCUT2D eigenvalue weighted by atomic mass is 32.2. The molecule has 0 radical (unpaired) electrons. The molecule has 17 heavy (non-hydrogen) atoms. The first-order chi connectivity index (χ1) is 8.27. The molecule has 2 heterocycles. The Labute approximate surface area is 108 Å². The van der Waals surface area contributed by atoms with Gasteiger partial charge >= 0.3 is 5.82 Å². The van der Waals surface area contributed by atoms with Crippen LogP contribution in [0.5, 0.6) is 0 Å². The van der Waals surface area contributed by atoms with E-state index in [0.29, 0.717) is 10.9 Å². The summed E-state index contributed by atoms with van der Waals surface area (Å²) in [7, 11) is 0. The van der Waals surface area contributed by atoms with Crippen molar-refractivity contribution in [2.45, 2.75) is 5.25 Å². The summed E-state index contributed by atoms with van der Waals surface area (Å²) >= 11 is 3.86. The Balaban J connectivity index is 1.96. The van der Waals surface area contributed by atoms with Gasteiger partial charge in [-0.1, -0.05) is 0 Å². The number of anilines is 1. The van der Waals surface area contributed by atoms with Gasteiger partial charge < -0.3 is 15.4 Å². The van der Waals surface area contributed by atoms with Crippen molar-refractivity contribution in [3.05, 3.63) is 28.4 Å². The lowest BCUT2D eigenvalue weighted by molar-refractivity contribution is -0.388. The summed E-state index contributed by atoms with van der Waals surface area (Å²) in [6.45, 7) is 0.754. The predicted octanol–water partition coefficient (Wildman–Crippen LogP) is 2.25. The first kappa shape index (κ1) is 12.5. The highest BCUT2D eigenvalue weighted by Crippen LogP contribution is 2.26. The first-order valence-corrected chi connectivity index (χ1v) is 7.50. The number of aromatic nitrogens is 1. The van der Waals surface area contributed by atoms with Crippen molar-refractivity contribution in [2.75, 3.05) is 29.1 Å². The number of nitrogens with one attached hydrogen (secondary N) is 1. The maximum Gasteiger partial charge on any atom is 0.386 e. The van der Waals surface area contributed by atoms with Crippen LogP contribution in [0.25, 0.3) is 0 Å². The predicted molar refractivity (Wildman–Crippen MR) is 73.0 cm³/mol. The molecule has 1 N–H and O–H groups in total. The monoisotopic (exact) mass is 271 g/mol. The van der Waals surface area contributed by atoms with Gasteiger partial charge in [-0.2, -0.15) is 23.5 Å². The van der Waals surface area contributed by atoms with E-state index in [9.17, 15) is 10.1 Å². The van der Waals surface area contributed by atoms with Crippen LogP contribution in [0.1, 0.15) is 0 Å². The van der Waals surface area contributed by atoms with Gasteiger partial charge in [0.05, 0.1) is 0 Å². The lowest BCUT2D eigenvalue weighted by Gasteiger charge is -2.21. The molecule has 1 saturated heterocycles. The average Bonchev–Trinajstić information content (AvgIpc) is 2.38. The number of hydrogen-bond donors (Lipinski definition) is 1. The van der Waals surface area contributed by atoms with Crippen LogP contribution in [-0.4, -0.2) is 39.0 Å². The Morgan fingerprint density at radius 2 is 2.47 bits per heavy atom. The maximum atomic E-state index is 10.8. The summed E-state index contributed by atoms with van der Waals surface area (Å²) in [5.74, 6) is 3.37. The largest absolute Gasteiger partial charge is 0.386 e. The van der Waals surface area contributed by atoms with E-state index in [1.54, 1.807) is 12.1 Å². The molecule has 92 valence electrons. The van der Waals surface area contributed by atoms with Crippen LogP contribution >= 0.6 is 23.5 Å². The van der Waals surface area contributed by atoms with Crippen LogP contribution in [-0.2, 0) is 0 Å². The minimum Gasteiger partial charge on any atom is -0.377 e. The molecule has 0 aromatic carbocycles. The Morgan fingerprint density at radius 1 is 1.59 bits per heavy atom. The lowest BCUT2D eigenvalue weighted by atomic mass is 10.3. The summed E-state index contributed by atoms with van der Waals surface area (Å²) in [6, 6.07) is 3.41. The number of nitrogens with zero attached hydrogens (tertiary/aromatic N) is 2. The molecule has 1 aliphatic rings. The zero-order valence-electron chi connectivity index (χ0n) is 9.17. The van der Waals surface area contributed by atoms with Crippen molar-refractivity contribution in [2.24, 2.45) is 0 Å². The molecular formula is C10H13N3O2S2. The summed E-state index contributed by atoms with van der Waals surface area (Å²) in [5.41, 5.74) is 0.508. The van der Waals surface area contributed by atoms with Crippen LogP contribution in [0.4, 0.5) is 11.5 Å². The topological polar surface area (TPSA) is 68.1 Å². The normalized spacial score (nSPS) is 19.9. The van der Waals surface area contributed by atoms with E-state index >= 15 is 0 Å². The molecule has 1 aliphatic heterocycles. The molecule has 1 aromatic heterocycles. The molecule has 1 atom stereocenters. The Kier molecular flexibility index (Phi) is 4.49. The molecule has 1 fully saturated rings. The third-order valence-corrected chi connectivity index (χ3v) is 5.21. The molecule has 1 unspecified atom stereocenters. The number of pyridine rings is 1. The van der Waals surface area contributed by atoms with Gasteiger partial charge in [-0.25, -0.2) is 0 Å². The summed E-state index contributed by atoms with van der Waals surface area (Å²) in [6.07, 6.45) is 1.44. The number of nitro groups is 1. The molecule has 0 saturated carbocycles. The standard InChI is InChI=1S/C10H13N3O2S2/c14-13(15)10-9(2-1-3-11-10)12-6-8-7-16-4-5-17-8/h1-3,8,12H,4-7H2. The van der Waals surface area contributed by atoms with E-state index in [0.717, 1.165) is 18.1 Å². The van der Waals surface area contributed by atoms with E-state index < -0.39 is 4.92 Å². The van der Waals surface area contributed by atoms with Crippen LogP contribution < -0.4 is 5.32 Å². The molecule has 1 aromatic rings. The lowest BCUT2D eigenvalue weighted by Crippen LogP contribution is -2.23. The molecular weight excluding hydrogens is 258 g/mol. The highest BCUT2D eigenvalue weighted by molar-refractivity contribution is 8.06. The summed E-state index contributed by atoms with van der Waals surface area (Å²) in [4.78, 5) is 14.1. The fourth-order valence-corrected chi connectivity index (χ4v) is 4.17. The van der Waals surface area contributed by atoms with Crippen molar-refractivity contribution >= 4 is 35.0 Å². The Morgan fingerprint density at radius 3 is 3.18 bits per heavy atom. The van der Waals surface area contributed by atoms with Gasteiger partial charge in [0.1, 0.15) is 11.9 Å². The van der Waals surface area contributed by atoms with Crippen molar-refractivity contribution in [1.82, 2.24) is 4.98 Å². The van der Waals surface area contributed by atoms with Crippen molar-refractivity contribution in [3.63, 3.8) is 0 Å². The fraction of sp³-hybridized carbons (Fsp3) is 0.500. The fourth-order valence-electron chi connectivity index (χ4n) is 1.56. The molecule has 0 amide bonds. The molecule has 0 spiro atoms. The number of thioether (sulfide) groups is 2. The van der Waals surface area contributed by atoms with Crippen LogP contribution in [0.15, 0.2) is 18.3 Å². The van der Waals surface area contributed by atoms with Crippen molar-refractivity contribution in [1.29, 1.82) is 0 Å². The smallest absolute Gasteiger partial charge is 0.377 e. The van der Waals surface area contributed by atoms with E-state index in [2.05, 4.69) is 10.3 Å². The van der Waals surface area contributed by atoms with E-state index in [1.165, 1.54) is 11.9 Å². The van der Waals surface area contributed by atoms with Crippen molar-refractivity contribution < 1.29 is 4.92 Å². The Hall–Kier alpha value is -0.950. The maximum absolute atomic E-state index is 10.8. The van der Waals surface area contributed by atoms with E-state index in [1.807, 2.05) is 23.5 Å². The van der Waals surface area contributed by atoms with Crippen molar-refractivity contribution in [3.8, 4) is 0 Å². The molecule has 2 rings (SSSR count). The minimum atomic E-state index is -0.453. The Bertz CT molecular complexity index is 397. The third kappa shape index (κ3) is 3.50. The zero-order chi connectivity index (χ0) is 12.1. The van der Waals surface area contributed by atoms with Gasteiger partial charge in [0.2, 0.25) is 0 Å². The van der Waals surface area contributed by atoms with E-state index in [4.69, 9.17) is 0 Å². The SMILES string of the molecule is O=[N+]([O-])c1ncccc1NCC1CSCCS1.